The van der Waals surface area contributed by atoms with E-state index in [1.807, 2.05) is 60.7 Å². The summed E-state index contributed by atoms with van der Waals surface area (Å²) in [4.78, 5) is 23.3. The molecule has 1 fully saturated rings. The number of nitrogens with one attached hydrogen (secondary N) is 1. The fourth-order valence-electron chi connectivity index (χ4n) is 2.99. The second kappa shape index (κ2) is 7.97. The average molecular weight is 360 g/mol. The second-order valence-electron chi connectivity index (χ2n) is 6.26. The number of benzene rings is 2. The normalized spacial score (nSPS) is 14.0. The first-order chi connectivity index (χ1) is 13.3. The van der Waals surface area contributed by atoms with Crippen LogP contribution < -0.4 is 10.2 Å². The van der Waals surface area contributed by atoms with E-state index in [9.17, 15) is 4.79 Å². The van der Waals surface area contributed by atoms with Gasteiger partial charge in [-0.1, -0.05) is 30.3 Å². The number of amides is 1. The Labute approximate surface area is 157 Å². The number of ether oxygens (including phenoxy) is 1. The van der Waals surface area contributed by atoms with Crippen molar-refractivity contribution >= 4 is 17.4 Å². The van der Waals surface area contributed by atoms with E-state index in [0.29, 0.717) is 18.8 Å². The summed E-state index contributed by atoms with van der Waals surface area (Å²) in [5, 5.41) is 2.89. The molecule has 0 atom stereocenters. The fraction of sp³-hybridized carbons (Fsp3) is 0.190. The lowest BCUT2D eigenvalue weighted by molar-refractivity contribution is 0.102. The van der Waals surface area contributed by atoms with Crippen LogP contribution in [0.2, 0.25) is 0 Å². The van der Waals surface area contributed by atoms with Crippen molar-refractivity contribution in [2.45, 2.75) is 0 Å². The first-order valence-electron chi connectivity index (χ1n) is 8.91. The Bertz CT molecular complexity index is 907. The molecule has 1 aliphatic heterocycles. The van der Waals surface area contributed by atoms with Crippen LogP contribution in [0.4, 0.5) is 11.5 Å². The van der Waals surface area contributed by atoms with Gasteiger partial charge in [0.05, 0.1) is 18.9 Å². The molecule has 1 amide bonds. The molecule has 2 heterocycles. The van der Waals surface area contributed by atoms with Crippen LogP contribution in [-0.4, -0.2) is 42.2 Å². The number of aromatic nitrogens is 2. The minimum absolute atomic E-state index is 0.135. The third kappa shape index (κ3) is 4.12. The van der Waals surface area contributed by atoms with E-state index in [2.05, 4.69) is 20.2 Å². The Morgan fingerprint density at radius 3 is 2.44 bits per heavy atom. The van der Waals surface area contributed by atoms with E-state index in [1.54, 1.807) is 6.33 Å². The fourth-order valence-corrected chi connectivity index (χ4v) is 2.99. The van der Waals surface area contributed by atoms with Gasteiger partial charge in [0.25, 0.3) is 5.91 Å². The summed E-state index contributed by atoms with van der Waals surface area (Å²) in [5.74, 6) is 0.763. The number of anilines is 2. The molecular weight excluding hydrogens is 340 g/mol. The van der Waals surface area contributed by atoms with Crippen LogP contribution in [0.5, 0.6) is 0 Å². The molecule has 1 N–H and O–H groups in total. The third-order valence-corrected chi connectivity index (χ3v) is 4.46. The van der Waals surface area contributed by atoms with Gasteiger partial charge in [0.15, 0.2) is 0 Å². The van der Waals surface area contributed by atoms with Crippen molar-refractivity contribution in [3.8, 4) is 11.3 Å². The number of rotatable bonds is 4. The van der Waals surface area contributed by atoms with E-state index in [-0.39, 0.29) is 5.91 Å². The highest BCUT2D eigenvalue weighted by molar-refractivity contribution is 6.04. The second-order valence-corrected chi connectivity index (χ2v) is 6.26. The Balaban J connectivity index is 1.49. The lowest BCUT2D eigenvalue weighted by Gasteiger charge is -2.27. The van der Waals surface area contributed by atoms with Gasteiger partial charge in [0, 0.05) is 36.0 Å². The summed E-state index contributed by atoms with van der Waals surface area (Å²) >= 11 is 0. The molecule has 1 aliphatic rings. The summed E-state index contributed by atoms with van der Waals surface area (Å²) in [6.07, 6.45) is 1.58. The van der Waals surface area contributed by atoms with Crippen molar-refractivity contribution < 1.29 is 9.53 Å². The summed E-state index contributed by atoms with van der Waals surface area (Å²) in [5.41, 5.74) is 3.16. The summed E-state index contributed by atoms with van der Waals surface area (Å²) in [6.45, 7) is 3.08. The number of para-hydroxylation sites is 1. The van der Waals surface area contributed by atoms with E-state index < -0.39 is 0 Å². The third-order valence-electron chi connectivity index (χ3n) is 4.46. The first kappa shape index (κ1) is 17.2. The maximum absolute atomic E-state index is 12.4. The van der Waals surface area contributed by atoms with Crippen LogP contribution >= 0.6 is 0 Å². The standard InChI is InChI=1S/C21H20N4O2/c26-21(24-18-4-2-1-3-5-18)17-8-6-16(7-9-17)19-14-20(23-15-22-19)25-10-12-27-13-11-25/h1-9,14-15H,10-13H2,(H,24,26). The lowest BCUT2D eigenvalue weighted by atomic mass is 10.1. The molecule has 0 unspecified atom stereocenters. The largest absolute Gasteiger partial charge is 0.378 e. The van der Waals surface area contributed by atoms with Gasteiger partial charge in [-0.05, 0) is 24.3 Å². The van der Waals surface area contributed by atoms with Crippen LogP contribution in [0.1, 0.15) is 10.4 Å². The number of morpholine rings is 1. The molecule has 0 saturated carbocycles. The van der Waals surface area contributed by atoms with Gasteiger partial charge in [0.1, 0.15) is 12.1 Å². The predicted molar refractivity (Wildman–Crippen MR) is 105 cm³/mol. The topological polar surface area (TPSA) is 67.4 Å². The number of hydrogen-bond acceptors (Lipinski definition) is 5. The molecule has 4 rings (SSSR count). The predicted octanol–water partition coefficient (Wildman–Crippen LogP) is 3.23. The van der Waals surface area contributed by atoms with Gasteiger partial charge in [-0.2, -0.15) is 0 Å². The van der Waals surface area contributed by atoms with Crippen molar-refractivity contribution in [2.24, 2.45) is 0 Å². The van der Waals surface area contributed by atoms with Crippen molar-refractivity contribution in [2.75, 3.05) is 36.5 Å². The van der Waals surface area contributed by atoms with Crippen LogP contribution in [0.15, 0.2) is 67.0 Å². The van der Waals surface area contributed by atoms with Gasteiger partial charge in [-0.25, -0.2) is 9.97 Å². The number of carbonyl (C=O) groups is 1. The quantitative estimate of drug-likeness (QED) is 0.774. The van der Waals surface area contributed by atoms with Crippen LogP contribution in [0, 0.1) is 0 Å². The van der Waals surface area contributed by atoms with Crippen LogP contribution in [-0.2, 0) is 4.74 Å². The molecule has 0 radical (unpaired) electrons. The van der Waals surface area contributed by atoms with Gasteiger partial charge < -0.3 is 15.0 Å². The summed E-state index contributed by atoms with van der Waals surface area (Å²) in [7, 11) is 0. The molecule has 1 saturated heterocycles. The Morgan fingerprint density at radius 1 is 0.963 bits per heavy atom. The van der Waals surface area contributed by atoms with E-state index in [0.717, 1.165) is 35.9 Å². The van der Waals surface area contributed by atoms with Crippen molar-refractivity contribution in [3.63, 3.8) is 0 Å². The highest BCUT2D eigenvalue weighted by atomic mass is 16.5. The Morgan fingerprint density at radius 2 is 1.70 bits per heavy atom. The maximum Gasteiger partial charge on any atom is 0.255 e. The number of hydrogen-bond donors (Lipinski definition) is 1. The Kier molecular flexibility index (Phi) is 5.07. The van der Waals surface area contributed by atoms with E-state index >= 15 is 0 Å². The number of carbonyl (C=O) groups excluding carboxylic acids is 1. The minimum Gasteiger partial charge on any atom is -0.378 e. The SMILES string of the molecule is O=C(Nc1ccccc1)c1ccc(-c2cc(N3CCOCC3)ncn2)cc1. The zero-order chi connectivity index (χ0) is 18.5. The molecule has 136 valence electrons. The van der Waals surface area contributed by atoms with Crippen molar-refractivity contribution in [1.82, 2.24) is 9.97 Å². The molecule has 6 nitrogen and oxygen atoms in total. The minimum atomic E-state index is -0.135. The molecule has 27 heavy (non-hydrogen) atoms. The average Bonchev–Trinajstić information content (AvgIpc) is 2.75. The van der Waals surface area contributed by atoms with Gasteiger partial charge >= 0.3 is 0 Å². The van der Waals surface area contributed by atoms with Crippen molar-refractivity contribution in [3.05, 3.63) is 72.6 Å². The smallest absolute Gasteiger partial charge is 0.255 e. The molecule has 3 aromatic rings. The zero-order valence-electron chi connectivity index (χ0n) is 14.8. The highest BCUT2D eigenvalue weighted by Crippen LogP contribution is 2.22. The highest BCUT2D eigenvalue weighted by Gasteiger charge is 2.14. The molecule has 0 spiro atoms. The molecule has 2 aromatic carbocycles. The van der Waals surface area contributed by atoms with E-state index in [1.165, 1.54) is 0 Å². The van der Waals surface area contributed by atoms with Gasteiger partial charge in [0.2, 0.25) is 0 Å². The number of nitrogens with zero attached hydrogens (tertiary/aromatic N) is 3. The summed E-state index contributed by atoms with van der Waals surface area (Å²) < 4.78 is 5.39. The molecule has 1 aromatic heterocycles. The zero-order valence-corrected chi connectivity index (χ0v) is 14.8. The monoisotopic (exact) mass is 360 g/mol. The Hall–Kier alpha value is -3.25. The molecule has 0 aliphatic carbocycles. The maximum atomic E-state index is 12.4. The van der Waals surface area contributed by atoms with Crippen molar-refractivity contribution in [1.29, 1.82) is 0 Å². The van der Waals surface area contributed by atoms with Gasteiger partial charge in [-0.3, -0.25) is 4.79 Å². The molecule has 6 heteroatoms. The van der Waals surface area contributed by atoms with Gasteiger partial charge in [-0.15, -0.1) is 0 Å². The summed E-state index contributed by atoms with van der Waals surface area (Å²) in [6, 6.07) is 18.8. The molecular formula is C21H20N4O2. The lowest BCUT2D eigenvalue weighted by Crippen LogP contribution is -2.36. The van der Waals surface area contributed by atoms with E-state index in [4.69, 9.17) is 4.74 Å². The van der Waals surface area contributed by atoms with Crippen LogP contribution in [0.25, 0.3) is 11.3 Å². The first-order valence-corrected chi connectivity index (χ1v) is 8.91. The van der Waals surface area contributed by atoms with Crippen LogP contribution in [0.3, 0.4) is 0 Å². The molecule has 0 bridgehead atoms.